The van der Waals surface area contributed by atoms with E-state index in [1.807, 2.05) is 0 Å². The zero-order valence-electron chi connectivity index (χ0n) is 5.76. The Kier molecular flexibility index (Phi) is 1.92. The quantitative estimate of drug-likeness (QED) is 0.596. The molecule has 10 heavy (non-hydrogen) atoms. The minimum absolute atomic E-state index is 0.228. The molecule has 0 bridgehead atoms. The van der Waals surface area contributed by atoms with Gasteiger partial charge in [-0.3, -0.25) is 0 Å². The average molecular weight is 138 g/mol. The van der Waals surface area contributed by atoms with Crippen molar-refractivity contribution in [3.05, 3.63) is 36.1 Å². The number of allylic oxidation sites excluding steroid dienone is 1. The summed E-state index contributed by atoms with van der Waals surface area (Å²) in [7, 11) is 0. The largest absolute Gasteiger partial charge is 0.509 e. The standard InChI is InChI=1S/C8H10O2/c1-3-7-6(2)4-10-5-8(7)9/h3,9H,1-2,4-5H2. The van der Waals surface area contributed by atoms with E-state index in [1.165, 1.54) is 0 Å². The Morgan fingerprint density at radius 2 is 2.20 bits per heavy atom. The summed E-state index contributed by atoms with van der Waals surface area (Å²) >= 11 is 0. The van der Waals surface area contributed by atoms with Gasteiger partial charge in [0, 0.05) is 5.57 Å². The first-order valence-corrected chi connectivity index (χ1v) is 3.06. The molecule has 1 N–H and O–H groups in total. The number of ether oxygens (including phenoxy) is 1. The van der Waals surface area contributed by atoms with Gasteiger partial charge in [0.2, 0.25) is 0 Å². The molecule has 54 valence electrons. The second kappa shape index (κ2) is 2.71. The van der Waals surface area contributed by atoms with Crippen LogP contribution in [0.1, 0.15) is 0 Å². The first-order chi connectivity index (χ1) is 4.75. The van der Waals surface area contributed by atoms with Crippen molar-refractivity contribution in [1.29, 1.82) is 0 Å². The summed E-state index contributed by atoms with van der Waals surface area (Å²) in [5, 5.41) is 9.16. The van der Waals surface area contributed by atoms with Crippen LogP contribution >= 0.6 is 0 Å². The van der Waals surface area contributed by atoms with Gasteiger partial charge in [0.25, 0.3) is 0 Å². The topological polar surface area (TPSA) is 29.5 Å². The molecule has 0 fully saturated rings. The van der Waals surface area contributed by atoms with Crippen LogP contribution in [0.2, 0.25) is 0 Å². The second-order valence-corrected chi connectivity index (χ2v) is 2.16. The normalized spacial score (nSPS) is 19.4. The van der Waals surface area contributed by atoms with Gasteiger partial charge in [-0.05, 0) is 5.57 Å². The van der Waals surface area contributed by atoms with E-state index in [2.05, 4.69) is 13.2 Å². The molecule has 0 radical (unpaired) electrons. The Hall–Kier alpha value is -1.02. The molecule has 0 spiro atoms. The lowest BCUT2D eigenvalue weighted by Crippen LogP contribution is -2.11. The molecule has 1 aliphatic heterocycles. The molecule has 0 aromatic rings. The smallest absolute Gasteiger partial charge is 0.125 e. The first kappa shape index (κ1) is 7.09. The summed E-state index contributed by atoms with van der Waals surface area (Å²) in [5.74, 6) is 0.228. The minimum atomic E-state index is 0.228. The maximum Gasteiger partial charge on any atom is 0.125 e. The summed E-state index contributed by atoms with van der Waals surface area (Å²) in [4.78, 5) is 0. The van der Waals surface area contributed by atoms with Gasteiger partial charge in [0.15, 0.2) is 0 Å². The van der Waals surface area contributed by atoms with Gasteiger partial charge in [0.05, 0.1) is 6.61 Å². The van der Waals surface area contributed by atoms with Crippen LogP contribution in [0.5, 0.6) is 0 Å². The molecule has 0 amide bonds. The zero-order valence-corrected chi connectivity index (χ0v) is 5.76. The molecule has 1 heterocycles. The van der Waals surface area contributed by atoms with Gasteiger partial charge >= 0.3 is 0 Å². The van der Waals surface area contributed by atoms with Crippen LogP contribution in [0, 0.1) is 0 Å². The van der Waals surface area contributed by atoms with Gasteiger partial charge in [0.1, 0.15) is 12.4 Å². The number of hydrogen-bond donors (Lipinski definition) is 1. The highest BCUT2D eigenvalue weighted by atomic mass is 16.5. The first-order valence-electron chi connectivity index (χ1n) is 3.06. The van der Waals surface area contributed by atoms with E-state index in [4.69, 9.17) is 9.84 Å². The zero-order chi connectivity index (χ0) is 7.56. The number of rotatable bonds is 1. The van der Waals surface area contributed by atoms with Gasteiger partial charge in [-0.25, -0.2) is 0 Å². The van der Waals surface area contributed by atoms with Crippen molar-refractivity contribution in [1.82, 2.24) is 0 Å². The van der Waals surface area contributed by atoms with Crippen molar-refractivity contribution in [3.8, 4) is 0 Å². The fourth-order valence-corrected chi connectivity index (χ4v) is 0.893. The molecule has 2 heteroatoms. The Morgan fingerprint density at radius 3 is 2.60 bits per heavy atom. The molecular formula is C8H10O2. The molecule has 0 aromatic carbocycles. The van der Waals surface area contributed by atoms with Crippen LogP contribution in [0.15, 0.2) is 36.1 Å². The summed E-state index contributed by atoms with van der Waals surface area (Å²) in [6.45, 7) is 8.02. The predicted molar refractivity (Wildman–Crippen MR) is 39.8 cm³/mol. The molecule has 0 aliphatic carbocycles. The summed E-state index contributed by atoms with van der Waals surface area (Å²) in [6, 6.07) is 0. The minimum Gasteiger partial charge on any atom is -0.509 e. The molecule has 0 aromatic heterocycles. The molecule has 2 nitrogen and oxygen atoms in total. The van der Waals surface area contributed by atoms with Crippen LogP contribution in [-0.4, -0.2) is 18.3 Å². The Bertz CT molecular complexity index is 201. The van der Waals surface area contributed by atoms with E-state index >= 15 is 0 Å². The molecule has 0 saturated heterocycles. The molecule has 1 aliphatic rings. The highest BCUT2D eigenvalue weighted by Crippen LogP contribution is 2.18. The number of aliphatic hydroxyl groups is 1. The number of aliphatic hydroxyl groups excluding tert-OH is 1. The van der Waals surface area contributed by atoms with Crippen LogP contribution < -0.4 is 0 Å². The highest BCUT2D eigenvalue weighted by Gasteiger charge is 2.11. The lowest BCUT2D eigenvalue weighted by Gasteiger charge is -2.15. The van der Waals surface area contributed by atoms with E-state index in [-0.39, 0.29) is 12.4 Å². The van der Waals surface area contributed by atoms with Crippen molar-refractivity contribution in [2.24, 2.45) is 0 Å². The van der Waals surface area contributed by atoms with E-state index in [9.17, 15) is 0 Å². The van der Waals surface area contributed by atoms with Crippen LogP contribution in [0.4, 0.5) is 0 Å². The summed E-state index contributed by atoms with van der Waals surface area (Å²) in [6.07, 6.45) is 1.60. The third-order valence-corrected chi connectivity index (χ3v) is 1.41. The van der Waals surface area contributed by atoms with Gasteiger partial charge in [-0.2, -0.15) is 0 Å². The maximum absolute atomic E-state index is 9.16. The van der Waals surface area contributed by atoms with Crippen molar-refractivity contribution < 1.29 is 9.84 Å². The maximum atomic E-state index is 9.16. The summed E-state index contributed by atoms with van der Waals surface area (Å²) in [5.41, 5.74) is 1.52. The Balaban J connectivity index is 2.94. The third kappa shape index (κ3) is 1.11. The van der Waals surface area contributed by atoms with Gasteiger partial charge in [-0.15, -0.1) is 0 Å². The van der Waals surface area contributed by atoms with Crippen molar-refractivity contribution in [2.45, 2.75) is 0 Å². The van der Waals surface area contributed by atoms with Crippen molar-refractivity contribution in [3.63, 3.8) is 0 Å². The molecular weight excluding hydrogens is 128 g/mol. The molecule has 0 unspecified atom stereocenters. The fraction of sp³-hybridized carbons (Fsp3) is 0.250. The summed E-state index contributed by atoms with van der Waals surface area (Å²) < 4.78 is 4.97. The van der Waals surface area contributed by atoms with Crippen LogP contribution in [-0.2, 0) is 4.74 Å². The van der Waals surface area contributed by atoms with Gasteiger partial charge in [-0.1, -0.05) is 19.2 Å². The second-order valence-electron chi connectivity index (χ2n) is 2.16. The lowest BCUT2D eigenvalue weighted by atomic mass is 10.1. The third-order valence-electron chi connectivity index (χ3n) is 1.41. The number of hydrogen-bond acceptors (Lipinski definition) is 2. The van der Waals surface area contributed by atoms with Crippen LogP contribution in [0.3, 0.4) is 0 Å². The molecule has 1 rings (SSSR count). The molecule has 0 atom stereocenters. The molecule has 0 saturated carbocycles. The monoisotopic (exact) mass is 138 g/mol. The van der Waals surface area contributed by atoms with Crippen molar-refractivity contribution in [2.75, 3.05) is 13.2 Å². The predicted octanol–water partition coefficient (Wildman–Crippen LogP) is 1.57. The SMILES string of the molecule is C=CC1=C(O)COCC1=C. The van der Waals surface area contributed by atoms with E-state index in [0.717, 1.165) is 11.1 Å². The lowest BCUT2D eigenvalue weighted by molar-refractivity contribution is 0.136. The fourth-order valence-electron chi connectivity index (χ4n) is 0.893. The van der Waals surface area contributed by atoms with Gasteiger partial charge < -0.3 is 9.84 Å². The Labute approximate surface area is 60.1 Å². The van der Waals surface area contributed by atoms with Crippen LogP contribution in [0.25, 0.3) is 0 Å². The van der Waals surface area contributed by atoms with E-state index in [1.54, 1.807) is 6.08 Å². The van der Waals surface area contributed by atoms with E-state index in [0.29, 0.717) is 6.61 Å². The van der Waals surface area contributed by atoms with Crippen molar-refractivity contribution >= 4 is 0 Å². The van der Waals surface area contributed by atoms with E-state index < -0.39 is 0 Å². The average Bonchev–Trinajstić information content (AvgIpc) is 1.88. The Morgan fingerprint density at radius 1 is 1.50 bits per heavy atom. The highest BCUT2D eigenvalue weighted by molar-refractivity contribution is 5.40.